The molecule has 46 heavy (non-hydrogen) atoms. The first-order chi connectivity index (χ1) is 22.8. The number of pyridine rings is 1. The average Bonchev–Trinajstić information content (AvgIpc) is 3.48. The van der Waals surface area contributed by atoms with Gasteiger partial charge in [-0.3, -0.25) is 4.90 Å². The zero-order valence-corrected chi connectivity index (χ0v) is 25.0. The van der Waals surface area contributed by atoms with Gasteiger partial charge >= 0.3 is 0 Å². The summed E-state index contributed by atoms with van der Waals surface area (Å²) >= 11 is 0. The molecule has 9 rings (SSSR count). The first-order valence-corrected chi connectivity index (χ1v) is 15.5. The van der Waals surface area contributed by atoms with Gasteiger partial charge in [0, 0.05) is 16.8 Å². The van der Waals surface area contributed by atoms with Gasteiger partial charge in [-0.1, -0.05) is 121 Å². The molecule has 0 saturated carbocycles. The van der Waals surface area contributed by atoms with Gasteiger partial charge in [-0.2, -0.15) is 0 Å². The molecule has 0 aliphatic heterocycles. The Kier molecular flexibility index (Phi) is 6.14. The van der Waals surface area contributed by atoms with Crippen LogP contribution >= 0.6 is 0 Å². The van der Waals surface area contributed by atoms with E-state index >= 15 is 0 Å². The molecular formula is C43H28N2O. The zero-order valence-electron chi connectivity index (χ0n) is 25.0. The van der Waals surface area contributed by atoms with Crippen LogP contribution in [0.1, 0.15) is 0 Å². The van der Waals surface area contributed by atoms with Crippen LogP contribution in [0.5, 0.6) is 0 Å². The fourth-order valence-corrected chi connectivity index (χ4v) is 6.56. The number of hydrogen-bond acceptors (Lipinski definition) is 3. The number of furan rings is 1. The van der Waals surface area contributed by atoms with Gasteiger partial charge in [0.05, 0.1) is 0 Å². The number of anilines is 3. The Balaban J connectivity index is 1.19. The second-order valence-electron chi connectivity index (χ2n) is 11.6. The van der Waals surface area contributed by atoms with Crippen molar-refractivity contribution in [2.24, 2.45) is 0 Å². The predicted octanol–water partition coefficient (Wildman–Crippen LogP) is 12.1. The van der Waals surface area contributed by atoms with E-state index in [9.17, 15) is 0 Å². The number of aromatic nitrogens is 1. The molecule has 0 amide bonds. The van der Waals surface area contributed by atoms with Crippen LogP contribution in [0.4, 0.5) is 17.2 Å². The minimum atomic E-state index is 0.778. The van der Waals surface area contributed by atoms with Crippen molar-refractivity contribution in [3.8, 4) is 22.3 Å². The summed E-state index contributed by atoms with van der Waals surface area (Å²) in [5.74, 6) is 0.828. The molecule has 2 aromatic heterocycles. The molecule has 0 radical (unpaired) electrons. The third-order valence-corrected chi connectivity index (χ3v) is 8.85. The highest BCUT2D eigenvalue weighted by Crippen LogP contribution is 2.39. The molecule has 0 unspecified atom stereocenters. The van der Waals surface area contributed by atoms with E-state index in [1.165, 1.54) is 38.4 Å². The van der Waals surface area contributed by atoms with Crippen molar-refractivity contribution in [2.45, 2.75) is 0 Å². The quantitative estimate of drug-likeness (QED) is 0.200. The Morgan fingerprint density at radius 2 is 1.02 bits per heavy atom. The maximum atomic E-state index is 6.29. The van der Waals surface area contributed by atoms with Gasteiger partial charge in [-0.25, -0.2) is 4.98 Å². The maximum absolute atomic E-state index is 6.29. The van der Waals surface area contributed by atoms with Crippen LogP contribution in [0.15, 0.2) is 174 Å². The highest BCUT2D eigenvalue weighted by atomic mass is 16.3. The third kappa shape index (κ3) is 4.49. The molecule has 0 N–H and O–H groups in total. The molecule has 2 heterocycles. The second kappa shape index (κ2) is 10.8. The highest BCUT2D eigenvalue weighted by molar-refractivity contribution is 6.09. The highest BCUT2D eigenvalue weighted by Gasteiger charge is 2.18. The van der Waals surface area contributed by atoms with Crippen LogP contribution in [-0.2, 0) is 0 Å². The fourth-order valence-electron chi connectivity index (χ4n) is 6.56. The topological polar surface area (TPSA) is 29.3 Å². The van der Waals surface area contributed by atoms with Crippen molar-refractivity contribution in [1.82, 2.24) is 4.98 Å². The van der Waals surface area contributed by atoms with Crippen LogP contribution in [0, 0.1) is 0 Å². The van der Waals surface area contributed by atoms with E-state index in [0.29, 0.717) is 0 Å². The number of benzene rings is 7. The molecule has 0 spiro atoms. The fraction of sp³-hybridized carbons (Fsp3) is 0. The minimum Gasteiger partial charge on any atom is -0.454 e. The van der Waals surface area contributed by atoms with Crippen LogP contribution in [0.2, 0.25) is 0 Å². The Hall–Kier alpha value is -6.19. The van der Waals surface area contributed by atoms with Gasteiger partial charge in [-0.15, -0.1) is 0 Å². The van der Waals surface area contributed by atoms with E-state index < -0.39 is 0 Å². The van der Waals surface area contributed by atoms with Crippen molar-refractivity contribution in [1.29, 1.82) is 0 Å². The molecule has 0 fully saturated rings. The minimum absolute atomic E-state index is 0.778. The number of nitrogens with zero attached hydrogens (tertiary/aromatic N) is 2. The summed E-state index contributed by atoms with van der Waals surface area (Å²) in [5, 5.41) is 5.82. The summed E-state index contributed by atoms with van der Waals surface area (Å²) in [6.07, 6.45) is 0. The Bertz CT molecular complexity index is 2510. The van der Waals surface area contributed by atoms with E-state index in [0.717, 1.165) is 44.6 Å². The molecule has 0 atom stereocenters. The third-order valence-electron chi connectivity index (χ3n) is 8.85. The van der Waals surface area contributed by atoms with Crippen LogP contribution in [-0.4, -0.2) is 4.98 Å². The molecule has 0 bridgehead atoms. The van der Waals surface area contributed by atoms with E-state index in [1.54, 1.807) is 0 Å². The molecule has 3 nitrogen and oxygen atoms in total. The van der Waals surface area contributed by atoms with Crippen molar-refractivity contribution in [2.75, 3.05) is 4.90 Å². The number of rotatable bonds is 5. The van der Waals surface area contributed by atoms with Gasteiger partial charge in [0.2, 0.25) is 0 Å². The van der Waals surface area contributed by atoms with E-state index in [-0.39, 0.29) is 0 Å². The summed E-state index contributed by atoms with van der Waals surface area (Å²) < 4.78 is 6.29. The summed E-state index contributed by atoms with van der Waals surface area (Å²) in [7, 11) is 0. The van der Waals surface area contributed by atoms with Gasteiger partial charge in [-0.05, 0) is 92.3 Å². The first-order valence-electron chi connectivity index (χ1n) is 15.5. The lowest BCUT2D eigenvalue weighted by atomic mass is 9.98. The van der Waals surface area contributed by atoms with E-state index in [1.807, 2.05) is 18.2 Å². The summed E-state index contributed by atoms with van der Waals surface area (Å²) in [4.78, 5) is 7.48. The lowest BCUT2D eigenvalue weighted by Gasteiger charge is -2.25. The van der Waals surface area contributed by atoms with Crippen molar-refractivity contribution < 1.29 is 4.42 Å². The van der Waals surface area contributed by atoms with Crippen LogP contribution in [0.3, 0.4) is 0 Å². The van der Waals surface area contributed by atoms with Crippen LogP contribution in [0.25, 0.3) is 65.9 Å². The second-order valence-corrected chi connectivity index (χ2v) is 11.6. The standard InChI is InChI=1S/C43H28N2O/c1-2-9-29(10-3-1)30-17-21-35(22-18-30)45(36-23-19-32(20-24-36)38-16-8-14-31-11-6-7-15-37(31)38)42-26-25-40-43(44-42)39-27-33-12-4-5-13-34(33)28-41(39)46-40/h1-28H. The summed E-state index contributed by atoms with van der Waals surface area (Å²) in [6, 6.07) is 59.8. The van der Waals surface area contributed by atoms with Gasteiger partial charge in [0.1, 0.15) is 16.9 Å². The summed E-state index contributed by atoms with van der Waals surface area (Å²) in [6.45, 7) is 0. The van der Waals surface area contributed by atoms with Crippen LogP contribution < -0.4 is 4.90 Å². The normalized spacial score (nSPS) is 11.5. The molecule has 3 heteroatoms. The van der Waals surface area contributed by atoms with E-state index in [4.69, 9.17) is 9.40 Å². The molecule has 0 saturated heterocycles. The monoisotopic (exact) mass is 588 g/mol. The molecule has 0 aliphatic carbocycles. The SMILES string of the molecule is c1ccc(-c2ccc(N(c3ccc(-c4cccc5ccccc45)cc3)c3ccc4oc5cc6ccccc6cc5c4n3)cc2)cc1. The first kappa shape index (κ1) is 26.2. The lowest BCUT2D eigenvalue weighted by molar-refractivity contribution is 0.668. The predicted molar refractivity (Wildman–Crippen MR) is 192 cm³/mol. The van der Waals surface area contributed by atoms with Crippen molar-refractivity contribution in [3.05, 3.63) is 170 Å². The zero-order chi connectivity index (χ0) is 30.5. The Morgan fingerprint density at radius 3 is 1.78 bits per heavy atom. The molecule has 0 aliphatic rings. The van der Waals surface area contributed by atoms with Gasteiger partial charge < -0.3 is 4.42 Å². The molecule has 7 aromatic carbocycles. The van der Waals surface area contributed by atoms with Gasteiger partial charge in [0.25, 0.3) is 0 Å². The molecular weight excluding hydrogens is 560 g/mol. The molecule has 216 valence electrons. The lowest BCUT2D eigenvalue weighted by Crippen LogP contribution is -2.11. The average molecular weight is 589 g/mol. The van der Waals surface area contributed by atoms with Gasteiger partial charge in [0.15, 0.2) is 5.58 Å². The maximum Gasteiger partial charge on any atom is 0.154 e. The smallest absolute Gasteiger partial charge is 0.154 e. The Labute approximate surface area is 266 Å². The Morgan fingerprint density at radius 1 is 0.413 bits per heavy atom. The largest absolute Gasteiger partial charge is 0.454 e. The van der Waals surface area contributed by atoms with Crippen molar-refractivity contribution in [3.63, 3.8) is 0 Å². The number of hydrogen-bond donors (Lipinski definition) is 0. The van der Waals surface area contributed by atoms with E-state index in [2.05, 4.69) is 157 Å². The number of fused-ring (bicyclic) bond motifs is 5. The van der Waals surface area contributed by atoms with Crippen molar-refractivity contribution >= 4 is 60.8 Å². The molecule has 9 aromatic rings. The summed E-state index contributed by atoms with van der Waals surface area (Å²) in [5.41, 5.74) is 9.30.